The maximum Gasteiger partial charge on any atom is 0.273 e. The quantitative estimate of drug-likeness (QED) is 0.783. The van der Waals surface area contributed by atoms with Crippen molar-refractivity contribution in [3.63, 3.8) is 0 Å². The number of fused-ring (bicyclic) bond motifs is 1. The van der Waals surface area contributed by atoms with Crippen molar-refractivity contribution in [3.8, 4) is 0 Å². The fourth-order valence-corrected chi connectivity index (χ4v) is 2.05. The van der Waals surface area contributed by atoms with E-state index >= 15 is 0 Å². The summed E-state index contributed by atoms with van der Waals surface area (Å²) in [4.78, 5) is 23.8. The van der Waals surface area contributed by atoms with Gasteiger partial charge in [-0.1, -0.05) is 39.0 Å². The number of para-hydroxylation sites is 1. The SMILES string of the molecule is CC(C)(C)[C@H](NC(=O)c1n[nH]c2ccccc12)C(N)=O. The molecule has 0 aliphatic carbocycles. The molecule has 0 saturated carbocycles. The molecule has 6 heteroatoms. The lowest BCUT2D eigenvalue weighted by Gasteiger charge is -2.28. The molecule has 1 aromatic carbocycles. The third-order valence-electron chi connectivity index (χ3n) is 3.11. The number of rotatable bonds is 3. The Morgan fingerprint density at radius 3 is 2.55 bits per heavy atom. The molecule has 2 amide bonds. The number of primary amides is 1. The minimum atomic E-state index is -0.759. The molecule has 0 aliphatic rings. The highest BCUT2D eigenvalue weighted by molar-refractivity contribution is 6.05. The van der Waals surface area contributed by atoms with Gasteiger partial charge in [0.2, 0.25) is 5.91 Å². The molecular formula is C14H18N4O2. The predicted octanol–water partition coefficient (Wildman–Crippen LogP) is 1.19. The number of hydrogen-bond acceptors (Lipinski definition) is 3. The third kappa shape index (κ3) is 2.64. The van der Waals surface area contributed by atoms with Crippen LogP contribution in [-0.4, -0.2) is 28.1 Å². The number of carbonyl (C=O) groups excluding carboxylic acids is 2. The lowest BCUT2D eigenvalue weighted by Crippen LogP contribution is -2.52. The van der Waals surface area contributed by atoms with Crippen LogP contribution in [0.25, 0.3) is 10.9 Å². The Bertz CT molecular complexity index is 654. The lowest BCUT2D eigenvalue weighted by molar-refractivity contribution is -0.122. The molecule has 0 fully saturated rings. The van der Waals surface area contributed by atoms with Gasteiger partial charge < -0.3 is 11.1 Å². The van der Waals surface area contributed by atoms with E-state index in [1.807, 2.05) is 39.0 Å². The largest absolute Gasteiger partial charge is 0.368 e. The molecule has 0 saturated heterocycles. The van der Waals surface area contributed by atoms with Crippen LogP contribution in [0.3, 0.4) is 0 Å². The molecule has 0 spiro atoms. The second-order valence-corrected chi connectivity index (χ2v) is 5.79. The van der Waals surface area contributed by atoms with Crippen molar-refractivity contribution in [1.29, 1.82) is 0 Å². The average Bonchev–Trinajstić information content (AvgIpc) is 2.77. The summed E-state index contributed by atoms with van der Waals surface area (Å²) in [6.07, 6.45) is 0. The van der Waals surface area contributed by atoms with Gasteiger partial charge in [0.25, 0.3) is 5.91 Å². The second kappa shape index (κ2) is 4.96. The summed E-state index contributed by atoms with van der Waals surface area (Å²) in [6.45, 7) is 5.52. The van der Waals surface area contributed by atoms with Gasteiger partial charge in [-0.3, -0.25) is 14.7 Å². The van der Waals surface area contributed by atoms with Crippen LogP contribution < -0.4 is 11.1 Å². The second-order valence-electron chi connectivity index (χ2n) is 5.79. The van der Waals surface area contributed by atoms with E-state index in [2.05, 4.69) is 15.5 Å². The molecule has 1 heterocycles. The van der Waals surface area contributed by atoms with Crippen molar-refractivity contribution in [1.82, 2.24) is 15.5 Å². The number of nitrogens with two attached hydrogens (primary N) is 1. The van der Waals surface area contributed by atoms with Crippen molar-refractivity contribution < 1.29 is 9.59 Å². The number of amides is 2. The molecule has 0 bridgehead atoms. The topological polar surface area (TPSA) is 101 Å². The van der Waals surface area contributed by atoms with Crippen molar-refractivity contribution in [2.75, 3.05) is 0 Å². The normalized spacial score (nSPS) is 13.2. The summed E-state index contributed by atoms with van der Waals surface area (Å²) >= 11 is 0. The molecule has 1 aromatic heterocycles. The summed E-state index contributed by atoms with van der Waals surface area (Å²) in [5, 5.41) is 10.1. The zero-order valence-electron chi connectivity index (χ0n) is 11.7. The van der Waals surface area contributed by atoms with E-state index in [-0.39, 0.29) is 5.69 Å². The van der Waals surface area contributed by atoms with Gasteiger partial charge in [-0.2, -0.15) is 5.10 Å². The van der Waals surface area contributed by atoms with Crippen LogP contribution in [0, 0.1) is 5.41 Å². The van der Waals surface area contributed by atoms with E-state index in [1.165, 1.54) is 0 Å². The standard InChI is InChI=1S/C14H18N4O2/c1-14(2,3)11(12(15)19)16-13(20)10-8-6-4-5-7-9(8)17-18-10/h4-7,11H,1-3H3,(H2,15,19)(H,16,20)(H,17,18)/t11-/m1/s1. The number of aromatic amines is 1. The Morgan fingerprint density at radius 1 is 1.30 bits per heavy atom. The fourth-order valence-electron chi connectivity index (χ4n) is 2.05. The number of aromatic nitrogens is 2. The lowest BCUT2D eigenvalue weighted by atomic mass is 9.86. The van der Waals surface area contributed by atoms with Crippen LogP contribution in [0.4, 0.5) is 0 Å². The first-order chi connectivity index (χ1) is 9.30. The van der Waals surface area contributed by atoms with Gasteiger partial charge in [0.1, 0.15) is 6.04 Å². The molecule has 1 atom stereocenters. The van der Waals surface area contributed by atoms with Crippen molar-refractivity contribution in [3.05, 3.63) is 30.0 Å². The Balaban J connectivity index is 2.30. The van der Waals surface area contributed by atoms with Gasteiger partial charge in [0.15, 0.2) is 5.69 Å². The molecule has 4 N–H and O–H groups in total. The first-order valence-corrected chi connectivity index (χ1v) is 6.34. The third-order valence-corrected chi connectivity index (χ3v) is 3.11. The Morgan fingerprint density at radius 2 is 1.95 bits per heavy atom. The highest BCUT2D eigenvalue weighted by Gasteiger charge is 2.32. The summed E-state index contributed by atoms with van der Waals surface area (Å²) in [6, 6.07) is 6.54. The van der Waals surface area contributed by atoms with Crippen LogP contribution in [0.2, 0.25) is 0 Å². The number of hydrogen-bond donors (Lipinski definition) is 3. The monoisotopic (exact) mass is 274 g/mol. The number of nitrogens with one attached hydrogen (secondary N) is 2. The van der Waals surface area contributed by atoms with Crippen molar-refractivity contribution in [2.45, 2.75) is 26.8 Å². The highest BCUT2D eigenvalue weighted by atomic mass is 16.2. The predicted molar refractivity (Wildman–Crippen MR) is 76.0 cm³/mol. The number of nitrogens with zero attached hydrogens (tertiary/aromatic N) is 1. The molecule has 20 heavy (non-hydrogen) atoms. The van der Waals surface area contributed by atoms with E-state index < -0.39 is 23.3 Å². The Kier molecular flexibility index (Phi) is 3.48. The number of H-pyrrole nitrogens is 1. The van der Waals surface area contributed by atoms with E-state index in [1.54, 1.807) is 6.07 Å². The van der Waals surface area contributed by atoms with Crippen LogP contribution in [0.15, 0.2) is 24.3 Å². The first kappa shape index (κ1) is 14.0. The molecule has 2 rings (SSSR count). The van der Waals surface area contributed by atoms with Crippen LogP contribution in [-0.2, 0) is 4.79 Å². The van der Waals surface area contributed by atoms with E-state index in [0.29, 0.717) is 5.39 Å². The molecular weight excluding hydrogens is 256 g/mol. The summed E-state index contributed by atoms with van der Waals surface area (Å²) in [7, 11) is 0. The van der Waals surface area contributed by atoms with Crippen LogP contribution in [0.5, 0.6) is 0 Å². The van der Waals surface area contributed by atoms with Crippen molar-refractivity contribution in [2.24, 2.45) is 11.1 Å². The molecule has 0 aliphatic heterocycles. The number of carbonyl (C=O) groups is 2. The van der Waals surface area contributed by atoms with E-state index in [9.17, 15) is 9.59 Å². The maximum absolute atomic E-state index is 12.3. The molecule has 106 valence electrons. The minimum absolute atomic E-state index is 0.260. The smallest absolute Gasteiger partial charge is 0.273 e. The Hall–Kier alpha value is -2.37. The fraction of sp³-hybridized carbons (Fsp3) is 0.357. The van der Waals surface area contributed by atoms with Gasteiger partial charge in [-0.05, 0) is 11.5 Å². The summed E-state index contributed by atoms with van der Waals surface area (Å²) in [5.41, 5.74) is 5.92. The van der Waals surface area contributed by atoms with Crippen LogP contribution in [0.1, 0.15) is 31.3 Å². The summed E-state index contributed by atoms with van der Waals surface area (Å²) in [5.74, 6) is -0.980. The number of benzene rings is 1. The van der Waals surface area contributed by atoms with Crippen LogP contribution >= 0.6 is 0 Å². The van der Waals surface area contributed by atoms with E-state index in [4.69, 9.17) is 5.73 Å². The first-order valence-electron chi connectivity index (χ1n) is 6.34. The Labute approximate surface area is 116 Å². The maximum atomic E-state index is 12.3. The molecule has 0 radical (unpaired) electrons. The van der Waals surface area contributed by atoms with Crippen molar-refractivity contribution >= 4 is 22.7 Å². The van der Waals surface area contributed by atoms with Gasteiger partial charge in [-0.25, -0.2) is 0 Å². The van der Waals surface area contributed by atoms with Gasteiger partial charge >= 0.3 is 0 Å². The minimum Gasteiger partial charge on any atom is -0.368 e. The molecule has 0 unspecified atom stereocenters. The van der Waals surface area contributed by atoms with Gasteiger partial charge in [0.05, 0.1) is 5.52 Å². The zero-order valence-corrected chi connectivity index (χ0v) is 11.7. The average molecular weight is 274 g/mol. The van der Waals surface area contributed by atoms with Gasteiger partial charge in [0, 0.05) is 5.39 Å². The zero-order chi connectivity index (χ0) is 14.9. The van der Waals surface area contributed by atoms with E-state index in [0.717, 1.165) is 5.52 Å². The summed E-state index contributed by atoms with van der Waals surface area (Å²) < 4.78 is 0. The van der Waals surface area contributed by atoms with Gasteiger partial charge in [-0.15, -0.1) is 0 Å². The molecule has 2 aromatic rings. The highest BCUT2D eigenvalue weighted by Crippen LogP contribution is 2.20. The molecule has 6 nitrogen and oxygen atoms in total.